The minimum Gasteiger partial charge on any atom is -0.444 e. The topological polar surface area (TPSA) is 73.6 Å². The largest absolute Gasteiger partial charge is 0.444 e. The molecule has 1 heterocycles. The standard InChI is InChI=1S/C11H18N2O3/c1-11(2,3)16-10(15)13-6-8(4-5-12)9(14)7-13/h8-9,14H,4,6-7H2,1-3H3/t8-,9-/m0/s1. The first-order valence-electron chi connectivity index (χ1n) is 5.36. The number of hydrogen-bond donors (Lipinski definition) is 1. The Kier molecular flexibility index (Phi) is 3.76. The van der Waals surface area contributed by atoms with E-state index in [-0.39, 0.29) is 18.9 Å². The smallest absolute Gasteiger partial charge is 0.410 e. The highest BCUT2D eigenvalue weighted by Crippen LogP contribution is 2.22. The number of β-amino-alcohol motifs (C(OH)–C–C–N with tert-alkyl or cyclic N) is 1. The molecule has 1 amide bonds. The summed E-state index contributed by atoms with van der Waals surface area (Å²) >= 11 is 0. The maximum atomic E-state index is 11.7. The van der Waals surface area contributed by atoms with Crippen LogP contribution in [0.5, 0.6) is 0 Å². The Morgan fingerprint density at radius 1 is 1.56 bits per heavy atom. The normalized spacial score (nSPS) is 25.3. The van der Waals surface area contributed by atoms with E-state index in [1.165, 1.54) is 4.90 Å². The average Bonchev–Trinajstić information content (AvgIpc) is 2.46. The molecule has 1 N–H and O–H groups in total. The molecule has 0 aliphatic carbocycles. The van der Waals surface area contributed by atoms with Gasteiger partial charge in [0.2, 0.25) is 0 Å². The Hall–Kier alpha value is -1.28. The Bertz CT molecular complexity index is 303. The number of carbonyl (C=O) groups is 1. The first-order chi connectivity index (χ1) is 7.33. The summed E-state index contributed by atoms with van der Waals surface area (Å²) in [6.45, 7) is 6.03. The van der Waals surface area contributed by atoms with Gasteiger partial charge in [-0.1, -0.05) is 0 Å². The highest BCUT2D eigenvalue weighted by Gasteiger charge is 2.35. The van der Waals surface area contributed by atoms with Crippen LogP contribution in [0, 0.1) is 17.2 Å². The summed E-state index contributed by atoms with van der Waals surface area (Å²) in [5.74, 6) is -0.155. The maximum absolute atomic E-state index is 11.7. The fraction of sp³-hybridized carbons (Fsp3) is 0.818. The van der Waals surface area contributed by atoms with Gasteiger partial charge in [0.1, 0.15) is 5.60 Å². The molecule has 1 aliphatic heterocycles. The first kappa shape index (κ1) is 12.8. The van der Waals surface area contributed by atoms with Gasteiger partial charge in [0, 0.05) is 18.9 Å². The van der Waals surface area contributed by atoms with E-state index in [0.717, 1.165) is 0 Å². The fourth-order valence-corrected chi connectivity index (χ4v) is 1.65. The molecule has 16 heavy (non-hydrogen) atoms. The van der Waals surface area contributed by atoms with Crippen molar-refractivity contribution in [2.75, 3.05) is 13.1 Å². The van der Waals surface area contributed by atoms with Crippen LogP contribution in [-0.2, 0) is 4.74 Å². The van der Waals surface area contributed by atoms with Crippen LogP contribution in [0.1, 0.15) is 27.2 Å². The number of nitriles is 1. The van der Waals surface area contributed by atoms with Crippen molar-refractivity contribution in [3.63, 3.8) is 0 Å². The van der Waals surface area contributed by atoms with Crippen molar-refractivity contribution in [3.05, 3.63) is 0 Å². The highest BCUT2D eigenvalue weighted by molar-refractivity contribution is 5.68. The number of aliphatic hydroxyl groups is 1. The second-order valence-corrected chi connectivity index (χ2v) is 5.07. The third-order valence-electron chi connectivity index (χ3n) is 2.41. The molecule has 0 bridgehead atoms. The molecule has 2 atom stereocenters. The van der Waals surface area contributed by atoms with Crippen LogP contribution in [0.25, 0.3) is 0 Å². The van der Waals surface area contributed by atoms with Crippen molar-refractivity contribution >= 4 is 6.09 Å². The van der Waals surface area contributed by atoms with E-state index in [9.17, 15) is 9.90 Å². The quantitative estimate of drug-likeness (QED) is 0.727. The van der Waals surface area contributed by atoms with Crippen molar-refractivity contribution in [2.24, 2.45) is 5.92 Å². The predicted octanol–water partition coefficient (Wildman–Crippen LogP) is 1.13. The number of carbonyl (C=O) groups excluding carboxylic acids is 1. The molecule has 0 saturated carbocycles. The van der Waals surface area contributed by atoms with Crippen molar-refractivity contribution in [2.45, 2.75) is 38.9 Å². The minimum atomic E-state index is -0.618. The molecule has 5 heteroatoms. The molecular formula is C11H18N2O3. The second-order valence-electron chi connectivity index (χ2n) is 5.07. The molecule has 0 aromatic carbocycles. The molecule has 0 unspecified atom stereocenters. The van der Waals surface area contributed by atoms with Crippen molar-refractivity contribution in [3.8, 4) is 6.07 Å². The number of nitrogens with zero attached hydrogens (tertiary/aromatic N) is 2. The lowest BCUT2D eigenvalue weighted by molar-refractivity contribution is 0.0270. The highest BCUT2D eigenvalue weighted by atomic mass is 16.6. The van der Waals surface area contributed by atoms with Crippen LogP contribution in [0.4, 0.5) is 4.79 Å². The summed E-state index contributed by atoms with van der Waals surface area (Å²) in [7, 11) is 0. The van der Waals surface area contributed by atoms with Gasteiger partial charge in [-0.25, -0.2) is 4.79 Å². The zero-order chi connectivity index (χ0) is 12.3. The van der Waals surface area contributed by atoms with Gasteiger partial charge in [0.15, 0.2) is 0 Å². The molecule has 0 radical (unpaired) electrons. The molecule has 1 saturated heterocycles. The third kappa shape index (κ3) is 3.38. The lowest BCUT2D eigenvalue weighted by Gasteiger charge is -2.24. The zero-order valence-corrected chi connectivity index (χ0v) is 9.93. The maximum Gasteiger partial charge on any atom is 0.410 e. The summed E-state index contributed by atoms with van der Waals surface area (Å²) in [6.07, 6.45) is -0.778. The van der Waals surface area contributed by atoms with Gasteiger partial charge in [-0.15, -0.1) is 0 Å². The molecule has 0 aromatic heterocycles. The van der Waals surface area contributed by atoms with Gasteiger partial charge in [-0.2, -0.15) is 5.26 Å². The average molecular weight is 226 g/mol. The lowest BCUT2D eigenvalue weighted by Crippen LogP contribution is -2.35. The van der Waals surface area contributed by atoms with E-state index in [2.05, 4.69) is 0 Å². The van der Waals surface area contributed by atoms with Crippen molar-refractivity contribution in [1.82, 2.24) is 4.90 Å². The summed E-state index contributed by atoms with van der Waals surface area (Å²) in [5, 5.41) is 18.2. The first-order valence-corrected chi connectivity index (χ1v) is 5.36. The number of hydrogen-bond acceptors (Lipinski definition) is 4. The molecule has 5 nitrogen and oxygen atoms in total. The molecule has 1 rings (SSSR count). The Labute approximate surface area is 95.6 Å². The lowest BCUT2D eigenvalue weighted by atomic mass is 10.0. The van der Waals surface area contributed by atoms with Gasteiger partial charge in [0.05, 0.1) is 18.7 Å². The number of rotatable bonds is 1. The minimum absolute atomic E-state index is 0.155. The number of likely N-dealkylation sites (tertiary alicyclic amines) is 1. The third-order valence-corrected chi connectivity index (χ3v) is 2.41. The molecule has 1 aliphatic rings. The van der Waals surface area contributed by atoms with Crippen molar-refractivity contribution in [1.29, 1.82) is 5.26 Å². The zero-order valence-electron chi connectivity index (χ0n) is 9.93. The van der Waals surface area contributed by atoms with Gasteiger partial charge in [-0.3, -0.25) is 0 Å². The summed E-state index contributed by atoms with van der Waals surface area (Å²) in [6, 6.07) is 2.01. The van der Waals surface area contributed by atoms with Crippen LogP contribution in [0.15, 0.2) is 0 Å². The number of ether oxygens (including phenoxy) is 1. The van der Waals surface area contributed by atoms with E-state index >= 15 is 0 Å². The predicted molar refractivity (Wildman–Crippen MR) is 57.5 cm³/mol. The molecule has 0 aromatic rings. The fourth-order valence-electron chi connectivity index (χ4n) is 1.65. The molecule has 1 fully saturated rings. The Balaban J connectivity index is 2.52. The molecule has 90 valence electrons. The van der Waals surface area contributed by atoms with E-state index in [4.69, 9.17) is 10.00 Å². The van der Waals surface area contributed by atoms with E-state index in [1.54, 1.807) is 20.8 Å². The van der Waals surface area contributed by atoms with Crippen LogP contribution in [0.2, 0.25) is 0 Å². The Morgan fingerprint density at radius 2 is 2.19 bits per heavy atom. The van der Waals surface area contributed by atoms with Gasteiger partial charge >= 0.3 is 6.09 Å². The van der Waals surface area contributed by atoms with Gasteiger partial charge in [0.25, 0.3) is 0 Å². The van der Waals surface area contributed by atoms with Crippen LogP contribution < -0.4 is 0 Å². The van der Waals surface area contributed by atoms with Crippen molar-refractivity contribution < 1.29 is 14.6 Å². The molecule has 0 spiro atoms. The summed E-state index contributed by atoms with van der Waals surface area (Å²) < 4.78 is 5.19. The van der Waals surface area contributed by atoms with Crippen LogP contribution >= 0.6 is 0 Å². The van der Waals surface area contributed by atoms with Crippen LogP contribution in [-0.4, -0.2) is 40.9 Å². The van der Waals surface area contributed by atoms with E-state index < -0.39 is 17.8 Å². The second kappa shape index (κ2) is 4.71. The van der Waals surface area contributed by atoms with Gasteiger partial charge in [-0.05, 0) is 20.8 Å². The van der Waals surface area contributed by atoms with Crippen LogP contribution in [0.3, 0.4) is 0 Å². The monoisotopic (exact) mass is 226 g/mol. The summed E-state index contributed by atoms with van der Waals surface area (Å²) in [5.41, 5.74) is -0.532. The van der Waals surface area contributed by atoms with Gasteiger partial charge < -0.3 is 14.7 Å². The Morgan fingerprint density at radius 3 is 2.69 bits per heavy atom. The molecular weight excluding hydrogens is 208 g/mol. The van der Waals surface area contributed by atoms with E-state index in [1.807, 2.05) is 6.07 Å². The number of aliphatic hydroxyl groups excluding tert-OH is 1. The number of amides is 1. The summed E-state index contributed by atoms with van der Waals surface area (Å²) in [4.78, 5) is 13.1. The van der Waals surface area contributed by atoms with E-state index in [0.29, 0.717) is 6.54 Å². The SMILES string of the molecule is CC(C)(C)OC(=O)N1C[C@H](CC#N)[C@@H](O)C1.